The van der Waals surface area contributed by atoms with E-state index in [2.05, 4.69) is 18.7 Å². The quantitative estimate of drug-likeness (QED) is 0.485. The van der Waals surface area contributed by atoms with Gasteiger partial charge in [-0.15, -0.1) is 11.3 Å². The number of aromatic nitrogens is 1. The minimum Gasteiger partial charge on any atom is -0.493 e. The number of carbonyl (C=O) groups is 1. The maximum Gasteiger partial charge on any atom is 0.270 e. The minimum atomic E-state index is -0.0312. The third kappa shape index (κ3) is 4.33. The van der Waals surface area contributed by atoms with Crippen molar-refractivity contribution >= 4 is 34.5 Å². The van der Waals surface area contributed by atoms with Crippen LogP contribution in [0.5, 0.6) is 11.5 Å². The zero-order chi connectivity index (χ0) is 23.1. The van der Waals surface area contributed by atoms with Crippen molar-refractivity contribution in [3.8, 4) is 22.1 Å². The van der Waals surface area contributed by atoms with E-state index in [-0.39, 0.29) is 12.0 Å². The van der Waals surface area contributed by atoms with Crippen LogP contribution >= 0.6 is 22.9 Å². The Labute approximate surface area is 202 Å². The van der Waals surface area contributed by atoms with Gasteiger partial charge in [-0.3, -0.25) is 9.69 Å². The lowest BCUT2D eigenvalue weighted by Crippen LogP contribution is -2.56. The Bertz CT molecular complexity index is 1170. The average Bonchev–Trinajstić information content (AvgIpc) is 3.22. The highest BCUT2D eigenvalue weighted by atomic mass is 35.5. The van der Waals surface area contributed by atoms with Crippen LogP contribution in [0.1, 0.15) is 29.2 Å². The summed E-state index contributed by atoms with van der Waals surface area (Å²) in [4.78, 5) is 22.9. The summed E-state index contributed by atoms with van der Waals surface area (Å²) in [6.45, 7) is 6.78. The molecule has 0 saturated carbocycles. The first-order valence-corrected chi connectivity index (χ1v) is 12.3. The van der Waals surface area contributed by atoms with E-state index in [4.69, 9.17) is 26.1 Å². The van der Waals surface area contributed by atoms with Crippen LogP contribution in [-0.4, -0.2) is 54.7 Å². The monoisotopic (exact) mass is 483 g/mol. The van der Waals surface area contributed by atoms with Gasteiger partial charge in [-0.25, -0.2) is 4.98 Å². The van der Waals surface area contributed by atoms with Gasteiger partial charge >= 0.3 is 0 Å². The Hall–Kier alpha value is -2.61. The second kappa shape index (κ2) is 8.97. The van der Waals surface area contributed by atoms with Gasteiger partial charge in [-0.05, 0) is 38.1 Å². The third-order valence-electron chi connectivity index (χ3n) is 6.16. The number of carbonyl (C=O) groups excluding carboxylic acids is 1. The van der Waals surface area contributed by atoms with E-state index in [0.29, 0.717) is 40.4 Å². The molecule has 6 nitrogen and oxygen atoms in total. The lowest BCUT2D eigenvalue weighted by Gasteiger charge is -2.41. The van der Waals surface area contributed by atoms with Crippen molar-refractivity contribution in [1.29, 1.82) is 0 Å². The first-order valence-electron chi connectivity index (χ1n) is 11.1. The molecule has 0 N–H and O–H groups in total. The van der Waals surface area contributed by atoms with Gasteiger partial charge in [0.15, 0.2) is 11.5 Å². The SMILES string of the molecule is COc1cc(N2CCc3nc(-c4ccc(Cl)cc4)sc3C2=O)ccc1OC1CN(C(C)C)C1. The molecule has 5 rings (SSSR count). The summed E-state index contributed by atoms with van der Waals surface area (Å²) in [6.07, 6.45) is 0.869. The van der Waals surface area contributed by atoms with Gasteiger partial charge < -0.3 is 14.4 Å². The molecule has 0 atom stereocenters. The number of hydrogen-bond donors (Lipinski definition) is 0. The molecule has 0 unspecified atom stereocenters. The van der Waals surface area contributed by atoms with Crippen molar-refractivity contribution in [3.05, 3.63) is 58.1 Å². The number of halogens is 1. The summed E-state index contributed by atoms with van der Waals surface area (Å²) < 4.78 is 11.8. The maximum absolute atomic E-state index is 13.3. The fourth-order valence-corrected chi connectivity index (χ4v) is 5.35. The third-order valence-corrected chi connectivity index (χ3v) is 7.55. The van der Waals surface area contributed by atoms with E-state index >= 15 is 0 Å². The van der Waals surface area contributed by atoms with Crippen LogP contribution in [0, 0.1) is 0 Å². The Balaban J connectivity index is 1.34. The number of fused-ring (bicyclic) bond motifs is 1. The molecule has 3 heterocycles. The summed E-state index contributed by atoms with van der Waals surface area (Å²) in [5.41, 5.74) is 2.62. The Morgan fingerprint density at radius 3 is 2.58 bits per heavy atom. The average molecular weight is 484 g/mol. The zero-order valence-corrected chi connectivity index (χ0v) is 20.4. The predicted octanol–water partition coefficient (Wildman–Crippen LogP) is 5.15. The second-order valence-corrected chi connectivity index (χ2v) is 10.1. The molecule has 3 aromatic rings. The molecule has 172 valence electrons. The van der Waals surface area contributed by atoms with E-state index in [1.807, 2.05) is 42.5 Å². The van der Waals surface area contributed by atoms with E-state index in [1.54, 1.807) is 12.0 Å². The standard InChI is InChI=1S/C25H26ClN3O3S/c1-15(2)28-13-19(14-28)32-21-9-8-18(12-22(21)31-3)29-11-10-20-23(25(29)30)33-24(27-20)16-4-6-17(26)7-5-16/h4-9,12,15,19H,10-11,13-14H2,1-3H3. The van der Waals surface area contributed by atoms with Gasteiger partial charge in [0.1, 0.15) is 16.0 Å². The van der Waals surface area contributed by atoms with Gasteiger partial charge in [0.25, 0.3) is 5.91 Å². The maximum atomic E-state index is 13.3. The number of methoxy groups -OCH3 is 1. The van der Waals surface area contributed by atoms with Crippen LogP contribution in [0.2, 0.25) is 5.02 Å². The normalized spacial score (nSPS) is 16.6. The van der Waals surface area contributed by atoms with Crippen molar-refractivity contribution in [1.82, 2.24) is 9.88 Å². The Morgan fingerprint density at radius 1 is 1.12 bits per heavy atom. The van der Waals surface area contributed by atoms with Crippen molar-refractivity contribution in [2.45, 2.75) is 32.4 Å². The number of likely N-dealkylation sites (tertiary alicyclic amines) is 1. The lowest BCUT2D eigenvalue weighted by molar-refractivity contribution is -0.00107. The summed E-state index contributed by atoms with van der Waals surface area (Å²) in [5, 5.41) is 1.52. The van der Waals surface area contributed by atoms with E-state index in [9.17, 15) is 4.79 Å². The van der Waals surface area contributed by atoms with Crippen LogP contribution in [-0.2, 0) is 6.42 Å². The minimum absolute atomic E-state index is 0.0312. The van der Waals surface area contributed by atoms with Gasteiger partial charge in [-0.1, -0.05) is 23.7 Å². The number of amides is 1. The molecule has 1 amide bonds. The molecule has 8 heteroatoms. The predicted molar refractivity (Wildman–Crippen MR) is 132 cm³/mol. The highest BCUT2D eigenvalue weighted by Gasteiger charge is 2.32. The highest BCUT2D eigenvalue weighted by Crippen LogP contribution is 2.37. The summed E-state index contributed by atoms with van der Waals surface area (Å²) in [5.74, 6) is 1.32. The van der Waals surface area contributed by atoms with E-state index < -0.39 is 0 Å². The number of hydrogen-bond acceptors (Lipinski definition) is 6. The van der Waals surface area contributed by atoms with Crippen molar-refractivity contribution in [2.24, 2.45) is 0 Å². The molecule has 0 bridgehead atoms. The van der Waals surface area contributed by atoms with Gasteiger partial charge in [-0.2, -0.15) is 0 Å². The second-order valence-electron chi connectivity index (χ2n) is 8.63. The summed E-state index contributed by atoms with van der Waals surface area (Å²) in [6, 6.07) is 13.8. The van der Waals surface area contributed by atoms with Crippen molar-refractivity contribution in [3.63, 3.8) is 0 Å². The first-order chi connectivity index (χ1) is 15.9. The molecule has 2 aliphatic heterocycles. The van der Waals surface area contributed by atoms with Crippen molar-refractivity contribution in [2.75, 3.05) is 31.6 Å². The van der Waals surface area contributed by atoms with Crippen LogP contribution in [0.15, 0.2) is 42.5 Å². The molecule has 1 fully saturated rings. The van der Waals surface area contributed by atoms with Gasteiger partial charge in [0, 0.05) is 54.4 Å². The molecule has 33 heavy (non-hydrogen) atoms. The summed E-state index contributed by atoms with van der Waals surface area (Å²) >= 11 is 7.43. The topological polar surface area (TPSA) is 54.9 Å². The van der Waals surface area contributed by atoms with Crippen LogP contribution in [0.4, 0.5) is 5.69 Å². The fourth-order valence-electron chi connectivity index (χ4n) is 4.16. The summed E-state index contributed by atoms with van der Waals surface area (Å²) in [7, 11) is 1.63. The molecule has 0 radical (unpaired) electrons. The van der Waals surface area contributed by atoms with E-state index in [1.165, 1.54) is 11.3 Å². The van der Waals surface area contributed by atoms with E-state index in [0.717, 1.165) is 35.0 Å². The molecule has 0 aliphatic carbocycles. The molecule has 2 aliphatic rings. The largest absolute Gasteiger partial charge is 0.493 e. The zero-order valence-electron chi connectivity index (χ0n) is 18.9. The Kier molecular flexibility index (Phi) is 6.03. The lowest BCUT2D eigenvalue weighted by atomic mass is 10.1. The number of ether oxygens (including phenoxy) is 2. The number of thiazole rings is 1. The number of anilines is 1. The number of nitrogens with zero attached hydrogens (tertiary/aromatic N) is 3. The smallest absolute Gasteiger partial charge is 0.270 e. The molecular weight excluding hydrogens is 458 g/mol. The Morgan fingerprint density at radius 2 is 1.88 bits per heavy atom. The number of rotatable bonds is 6. The van der Waals surface area contributed by atoms with Gasteiger partial charge in [0.05, 0.1) is 12.8 Å². The van der Waals surface area contributed by atoms with Gasteiger partial charge in [0.2, 0.25) is 0 Å². The van der Waals surface area contributed by atoms with Crippen LogP contribution in [0.3, 0.4) is 0 Å². The molecule has 1 aromatic heterocycles. The molecule has 0 spiro atoms. The van der Waals surface area contributed by atoms with Crippen LogP contribution < -0.4 is 14.4 Å². The van der Waals surface area contributed by atoms with Crippen molar-refractivity contribution < 1.29 is 14.3 Å². The number of benzene rings is 2. The fraction of sp³-hybridized carbons (Fsp3) is 0.360. The van der Waals surface area contributed by atoms with Crippen LogP contribution in [0.25, 0.3) is 10.6 Å². The molecule has 1 saturated heterocycles. The highest BCUT2D eigenvalue weighted by molar-refractivity contribution is 7.17. The molecular formula is C25H26ClN3O3S. The first kappa shape index (κ1) is 22.2. The molecule has 2 aromatic carbocycles.